The zero-order valence-corrected chi connectivity index (χ0v) is 7.85. The summed E-state index contributed by atoms with van der Waals surface area (Å²) in [5.41, 5.74) is 2.37. The van der Waals surface area contributed by atoms with E-state index in [9.17, 15) is 0 Å². The summed E-state index contributed by atoms with van der Waals surface area (Å²) < 4.78 is 0. The zero-order chi connectivity index (χ0) is 8.06. The van der Waals surface area contributed by atoms with Crippen molar-refractivity contribution in [3.05, 3.63) is 11.6 Å². The molecule has 3 saturated carbocycles. The molecule has 3 aliphatic rings. The molecule has 0 aromatic heterocycles. The average molecular weight is 150 g/mol. The highest BCUT2D eigenvalue weighted by atomic mass is 14.6. The molecule has 11 heavy (non-hydrogen) atoms. The Morgan fingerprint density at radius 2 is 2.18 bits per heavy atom. The Kier molecular flexibility index (Phi) is 1.42. The lowest BCUT2D eigenvalue weighted by Gasteiger charge is -2.57. The Morgan fingerprint density at radius 3 is 2.55 bits per heavy atom. The molecule has 0 saturated heterocycles. The third-order valence-corrected chi connectivity index (χ3v) is 4.07. The number of rotatable bonds is 0. The quantitative estimate of drug-likeness (QED) is 0.464. The van der Waals surface area contributed by atoms with Crippen molar-refractivity contribution in [3.8, 4) is 0 Å². The van der Waals surface area contributed by atoms with E-state index in [1.165, 1.54) is 19.3 Å². The first kappa shape index (κ1) is 7.39. The molecule has 3 rings (SSSR count). The molecule has 0 nitrogen and oxygen atoms in total. The van der Waals surface area contributed by atoms with Crippen LogP contribution in [0, 0.1) is 17.3 Å². The lowest BCUT2D eigenvalue weighted by Crippen LogP contribution is -2.49. The van der Waals surface area contributed by atoms with Crippen molar-refractivity contribution in [2.75, 3.05) is 0 Å². The van der Waals surface area contributed by atoms with Gasteiger partial charge in [-0.15, -0.1) is 0 Å². The van der Waals surface area contributed by atoms with Gasteiger partial charge in [-0.25, -0.2) is 0 Å². The number of hydrogen-bond acceptors (Lipinski definition) is 0. The molecule has 3 aliphatic carbocycles. The second-order valence-corrected chi connectivity index (χ2v) is 4.71. The molecule has 0 N–H and O–H groups in total. The SMILES string of the molecule is C/C=C1\CC[C@@H]2C[C@H]1C2(C)C. The van der Waals surface area contributed by atoms with E-state index in [0.29, 0.717) is 5.41 Å². The van der Waals surface area contributed by atoms with E-state index in [2.05, 4.69) is 26.8 Å². The van der Waals surface area contributed by atoms with Gasteiger partial charge in [-0.2, -0.15) is 0 Å². The van der Waals surface area contributed by atoms with Crippen LogP contribution in [0.5, 0.6) is 0 Å². The molecule has 0 radical (unpaired) electrons. The van der Waals surface area contributed by atoms with E-state index in [1.54, 1.807) is 5.57 Å². The monoisotopic (exact) mass is 150 g/mol. The molecule has 3 fully saturated rings. The van der Waals surface area contributed by atoms with Crippen LogP contribution >= 0.6 is 0 Å². The summed E-state index contributed by atoms with van der Waals surface area (Å²) in [6.45, 7) is 7.08. The van der Waals surface area contributed by atoms with Crippen LogP contribution in [-0.4, -0.2) is 0 Å². The maximum absolute atomic E-state index is 2.44. The molecule has 0 amide bonds. The smallest absolute Gasteiger partial charge is 0.0146 e. The highest BCUT2D eigenvalue weighted by Gasteiger charge is 2.51. The lowest BCUT2D eigenvalue weighted by atomic mass is 9.47. The van der Waals surface area contributed by atoms with Gasteiger partial charge < -0.3 is 0 Å². The number of hydrogen-bond donors (Lipinski definition) is 0. The van der Waals surface area contributed by atoms with E-state index in [1.807, 2.05) is 0 Å². The first-order chi connectivity index (χ1) is 5.16. The first-order valence-electron chi connectivity index (χ1n) is 4.81. The molecule has 0 aromatic carbocycles. The van der Waals surface area contributed by atoms with Crippen LogP contribution in [0.2, 0.25) is 0 Å². The van der Waals surface area contributed by atoms with Gasteiger partial charge in [0.05, 0.1) is 0 Å². The van der Waals surface area contributed by atoms with Crippen molar-refractivity contribution in [2.24, 2.45) is 17.3 Å². The molecule has 2 atom stereocenters. The van der Waals surface area contributed by atoms with Crippen molar-refractivity contribution >= 4 is 0 Å². The van der Waals surface area contributed by atoms with E-state index in [-0.39, 0.29) is 0 Å². The molecule has 2 bridgehead atoms. The van der Waals surface area contributed by atoms with E-state index >= 15 is 0 Å². The summed E-state index contributed by atoms with van der Waals surface area (Å²) >= 11 is 0. The van der Waals surface area contributed by atoms with Crippen molar-refractivity contribution in [2.45, 2.75) is 40.0 Å². The predicted octanol–water partition coefficient (Wildman–Crippen LogP) is 3.39. The molecular weight excluding hydrogens is 132 g/mol. The normalized spacial score (nSPS) is 43.7. The standard InChI is InChI=1S/C11H18/c1-4-8-5-6-9-7-10(8)11(9,2)3/h4,9-10H,5-7H2,1-3H3/b8-4+/t9-,10-/m1/s1. The topological polar surface area (TPSA) is 0 Å². The van der Waals surface area contributed by atoms with Gasteiger partial charge in [0.25, 0.3) is 0 Å². The van der Waals surface area contributed by atoms with E-state index < -0.39 is 0 Å². The Morgan fingerprint density at radius 1 is 1.45 bits per heavy atom. The maximum atomic E-state index is 2.44. The fourth-order valence-corrected chi connectivity index (χ4v) is 3.00. The molecule has 0 aromatic rings. The molecule has 62 valence electrons. The average Bonchev–Trinajstić information content (AvgIpc) is 2.04. The molecular formula is C11H18. The number of allylic oxidation sites excluding steroid dienone is 2. The second-order valence-electron chi connectivity index (χ2n) is 4.71. The van der Waals surface area contributed by atoms with Crippen LogP contribution in [0.25, 0.3) is 0 Å². The van der Waals surface area contributed by atoms with Crippen LogP contribution < -0.4 is 0 Å². The van der Waals surface area contributed by atoms with E-state index in [0.717, 1.165) is 11.8 Å². The van der Waals surface area contributed by atoms with Gasteiger partial charge in [-0.1, -0.05) is 25.5 Å². The fraction of sp³-hybridized carbons (Fsp3) is 0.818. The van der Waals surface area contributed by atoms with Crippen LogP contribution in [0.15, 0.2) is 11.6 Å². The predicted molar refractivity (Wildman–Crippen MR) is 48.4 cm³/mol. The van der Waals surface area contributed by atoms with Gasteiger partial charge in [0.15, 0.2) is 0 Å². The van der Waals surface area contributed by atoms with Gasteiger partial charge in [-0.3, -0.25) is 0 Å². The summed E-state index contributed by atoms with van der Waals surface area (Å²) in [6, 6.07) is 0. The summed E-state index contributed by atoms with van der Waals surface area (Å²) in [5, 5.41) is 0. The third kappa shape index (κ3) is 0.816. The Bertz CT molecular complexity index is 196. The second kappa shape index (κ2) is 2.12. The van der Waals surface area contributed by atoms with Gasteiger partial charge in [0.2, 0.25) is 0 Å². The Labute approximate surface area is 69.7 Å². The van der Waals surface area contributed by atoms with Crippen molar-refractivity contribution in [1.82, 2.24) is 0 Å². The van der Waals surface area contributed by atoms with Gasteiger partial charge in [0, 0.05) is 0 Å². The van der Waals surface area contributed by atoms with Crippen molar-refractivity contribution in [3.63, 3.8) is 0 Å². The minimum absolute atomic E-state index is 0.639. The van der Waals surface area contributed by atoms with E-state index in [4.69, 9.17) is 0 Å². The summed E-state index contributed by atoms with van der Waals surface area (Å²) in [4.78, 5) is 0. The maximum Gasteiger partial charge on any atom is -0.0146 e. The van der Waals surface area contributed by atoms with Crippen molar-refractivity contribution in [1.29, 1.82) is 0 Å². The fourth-order valence-electron chi connectivity index (χ4n) is 3.00. The Balaban J connectivity index is 2.23. The Hall–Kier alpha value is -0.260. The zero-order valence-electron chi connectivity index (χ0n) is 7.85. The summed E-state index contributed by atoms with van der Waals surface area (Å²) in [7, 11) is 0. The molecule has 0 heterocycles. The highest BCUT2D eigenvalue weighted by Crippen LogP contribution is 2.60. The van der Waals surface area contributed by atoms with Gasteiger partial charge in [0.1, 0.15) is 0 Å². The molecule has 0 spiro atoms. The van der Waals surface area contributed by atoms with Gasteiger partial charge >= 0.3 is 0 Å². The minimum atomic E-state index is 0.639. The minimum Gasteiger partial charge on any atom is -0.0882 e. The first-order valence-corrected chi connectivity index (χ1v) is 4.81. The summed E-state index contributed by atoms with van der Waals surface area (Å²) in [5.74, 6) is 1.97. The van der Waals surface area contributed by atoms with Crippen LogP contribution in [0.3, 0.4) is 0 Å². The summed E-state index contributed by atoms with van der Waals surface area (Å²) in [6.07, 6.45) is 6.66. The lowest BCUT2D eigenvalue weighted by molar-refractivity contribution is -0.0278. The molecule has 0 unspecified atom stereocenters. The largest absolute Gasteiger partial charge is 0.0882 e. The molecule has 0 aliphatic heterocycles. The van der Waals surface area contributed by atoms with Gasteiger partial charge in [-0.05, 0) is 43.4 Å². The van der Waals surface area contributed by atoms with Crippen molar-refractivity contribution < 1.29 is 0 Å². The molecule has 0 heteroatoms. The highest BCUT2D eigenvalue weighted by molar-refractivity contribution is 5.20. The van der Waals surface area contributed by atoms with Crippen LogP contribution in [-0.2, 0) is 0 Å². The third-order valence-electron chi connectivity index (χ3n) is 4.07. The van der Waals surface area contributed by atoms with Crippen LogP contribution in [0.1, 0.15) is 40.0 Å². The van der Waals surface area contributed by atoms with Crippen LogP contribution in [0.4, 0.5) is 0 Å². The number of fused-ring (bicyclic) bond motifs is 2.